The number of piperidine rings is 1. The predicted molar refractivity (Wildman–Crippen MR) is 92.4 cm³/mol. The Kier molecular flexibility index (Phi) is 5.87. The molecule has 1 fully saturated rings. The first kappa shape index (κ1) is 17.3. The molecule has 25 heavy (non-hydrogen) atoms. The minimum atomic E-state index is 0.171. The summed E-state index contributed by atoms with van der Waals surface area (Å²) in [5.41, 5.74) is 0. The molecule has 3 rings (SSSR count). The molecule has 0 spiro atoms. The van der Waals surface area contributed by atoms with Crippen molar-refractivity contribution in [2.45, 2.75) is 25.8 Å². The van der Waals surface area contributed by atoms with E-state index in [2.05, 4.69) is 10.1 Å². The Morgan fingerprint density at radius 3 is 2.80 bits per heavy atom. The van der Waals surface area contributed by atoms with Gasteiger partial charge in [0.05, 0.1) is 20.3 Å². The Morgan fingerprint density at radius 2 is 2.08 bits per heavy atom. The molecule has 1 aliphatic heterocycles. The predicted octanol–water partition coefficient (Wildman–Crippen LogP) is 1.99. The number of carbonyl (C=O) groups is 1. The average molecular weight is 344 g/mol. The van der Waals surface area contributed by atoms with Crippen molar-refractivity contribution >= 4 is 5.91 Å². The maximum Gasteiger partial charge on any atom is 0.224 e. The van der Waals surface area contributed by atoms with Crippen LogP contribution in [0.5, 0.6) is 11.5 Å². The van der Waals surface area contributed by atoms with Gasteiger partial charge in [0.25, 0.3) is 0 Å². The van der Waals surface area contributed by atoms with E-state index >= 15 is 0 Å². The van der Waals surface area contributed by atoms with Crippen molar-refractivity contribution in [1.82, 2.24) is 19.7 Å². The van der Waals surface area contributed by atoms with Gasteiger partial charge >= 0.3 is 0 Å². The van der Waals surface area contributed by atoms with Gasteiger partial charge in [0.2, 0.25) is 5.91 Å². The lowest BCUT2D eigenvalue weighted by Crippen LogP contribution is -2.41. The Labute approximate surface area is 147 Å². The highest BCUT2D eigenvalue weighted by Crippen LogP contribution is 2.21. The van der Waals surface area contributed by atoms with Crippen LogP contribution in [-0.2, 0) is 11.3 Å². The summed E-state index contributed by atoms with van der Waals surface area (Å²) in [6, 6.07) is 7.58. The average Bonchev–Trinajstić information content (AvgIpc) is 3.19. The van der Waals surface area contributed by atoms with E-state index in [1.807, 2.05) is 29.2 Å². The molecule has 2 aromatic rings. The second kappa shape index (κ2) is 8.50. The molecule has 0 N–H and O–H groups in total. The van der Waals surface area contributed by atoms with E-state index in [0.717, 1.165) is 37.4 Å². The van der Waals surface area contributed by atoms with Gasteiger partial charge in [-0.1, -0.05) is 0 Å². The smallest absolute Gasteiger partial charge is 0.224 e. The van der Waals surface area contributed by atoms with Gasteiger partial charge in [-0.3, -0.25) is 9.48 Å². The summed E-state index contributed by atoms with van der Waals surface area (Å²) in [5, 5.41) is 4.03. The number of aryl methyl sites for hydroxylation is 1. The Balaban J connectivity index is 1.44. The van der Waals surface area contributed by atoms with Crippen molar-refractivity contribution < 1.29 is 14.3 Å². The summed E-state index contributed by atoms with van der Waals surface area (Å²) >= 11 is 0. The number of ether oxygens (including phenoxy) is 2. The number of aromatic nitrogens is 3. The van der Waals surface area contributed by atoms with Crippen LogP contribution in [0, 0.1) is 5.92 Å². The molecule has 134 valence electrons. The SMILES string of the molecule is COc1ccc(OCC2CCCN(C(=O)CCn3cncn3)C2)cc1. The molecule has 1 unspecified atom stereocenters. The van der Waals surface area contributed by atoms with Gasteiger partial charge in [0, 0.05) is 25.4 Å². The third kappa shape index (κ3) is 4.95. The van der Waals surface area contributed by atoms with Gasteiger partial charge in [-0.15, -0.1) is 0 Å². The molecule has 0 bridgehead atoms. The number of nitrogens with zero attached hydrogens (tertiary/aromatic N) is 4. The van der Waals surface area contributed by atoms with Gasteiger partial charge in [0.1, 0.15) is 24.2 Å². The molecule has 0 radical (unpaired) electrons. The third-order valence-electron chi connectivity index (χ3n) is 4.44. The maximum absolute atomic E-state index is 12.4. The topological polar surface area (TPSA) is 69.5 Å². The minimum Gasteiger partial charge on any atom is -0.497 e. The van der Waals surface area contributed by atoms with Crippen LogP contribution in [0.15, 0.2) is 36.9 Å². The molecule has 1 aliphatic rings. The molecule has 1 aromatic heterocycles. The number of rotatable bonds is 7. The van der Waals surface area contributed by atoms with Gasteiger partial charge < -0.3 is 14.4 Å². The summed E-state index contributed by atoms with van der Waals surface area (Å²) < 4.78 is 12.7. The fourth-order valence-corrected chi connectivity index (χ4v) is 3.03. The normalized spacial score (nSPS) is 17.3. The van der Waals surface area contributed by atoms with Crippen LogP contribution < -0.4 is 9.47 Å². The van der Waals surface area contributed by atoms with Crippen molar-refractivity contribution in [2.24, 2.45) is 5.92 Å². The monoisotopic (exact) mass is 344 g/mol. The van der Waals surface area contributed by atoms with Crippen LogP contribution in [0.1, 0.15) is 19.3 Å². The zero-order valence-electron chi connectivity index (χ0n) is 14.5. The number of likely N-dealkylation sites (tertiary alicyclic amines) is 1. The number of benzene rings is 1. The number of hydrogen-bond donors (Lipinski definition) is 0. The van der Waals surface area contributed by atoms with Gasteiger partial charge in [0.15, 0.2) is 0 Å². The first-order chi connectivity index (χ1) is 12.2. The molecule has 1 atom stereocenters. The number of methoxy groups -OCH3 is 1. The van der Waals surface area contributed by atoms with E-state index in [4.69, 9.17) is 9.47 Å². The van der Waals surface area contributed by atoms with Gasteiger partial charge in [-0.2, -0.15) is 5.10 Å². The first-order valence-corrected chi connectivity index (χ1v) is 8.61. The van der Waals surface area contributed by atoms with Crippen LogP contribution in [0.3, 0.4) is 0 Å². The van der Waals surface area contributed by atoms with Crippen molar-refractivity contribution in [2.75, 3.05) is 26.8 Å². The fourth-order valence-electron chi connectivity index (χ4n) is 3.03. The highest BCUT2D eigenvalue weighted by Gasteiger charge is 2.24. The maximum atomic E-state index is 12.4. The molecule has 1 amide bonds. The molecule has 1 aromatic carbocycles. The molecule has 1 saturated heterocycles. The largest absolute Gasteiger partial charge is 0.497 e. The van der Waals surface area contributed by atoms with Crippen molar-refractivity contribution in [3.05, 3.63) is 36.9 Å². The van der Waals surface area contributed by atoms with Crippen LogP contribution in [0.4, 0.5) is 0 Å². The van der Waals surface area contributed by atoms with E-state index in [-0.39, 0.29) is 5.91 Å². The van der Waals surface area contributed by atoms with Crippen molar-refractivity contribution in [3.8, 4) is 11.5 Å². The lowest BCUT2D eigenvalue weighted by molar-refractivity contribution is -0.133. The summed E-state index contributed by atoms with van der Waals surface area (Å²) in [5.74, 6) is 2.18. The third-order valence-corrected chi connectivity index (χ3v) is 4.44. The van der Waals surface area contributed by atoms with Crippen LogP contribution in [-0.4, -0.2) is 52.4 Å². The van der Waals surface area contributed by atoms with E-state index in [1.165, 1.54) is 6.33 Å². The lowest BCUT2D eigenvalue weighted by Gasteiger charge is -2.32. The van der Waals surface area contributed by atoms with Crippen molar-refractivity contribution in [3.63, 3.8) is 0 Å². The second-order valence-corrected chi connectivity index (χ2v) is 6.24. The minimum absolute atomic E-state index is 0.171. The van der Waals surface area contributed by atoms with Gasteiger partial charge in [-0.25, -0.2) is 4.98 Å². The molecule has 0 aliphatic carbocycles. The zero-order chi connectivity index (χ0) is 17.5. The molecule has 0 saturated carbocycles. The molecule has 2 heterocycles. The Morgan fingerprint density at radius 1 is 1.28 bits per heavy atom. The second-order valence-electron chi connectivity index (χ2n) is 6.24. The van der Waals surface area contributed by atoms with E-state index in [1.54, 1.807) is 18.1 Å². The summed E-state index contributed by atoms with van der Waals surface area (Å²) in [4.78, 5) is 18.2. The summed E-state index contributed by atoms with van der Waals surface area (Å²) in [6.07, 6.45) is 5.68. The quantitative estimate of drug-likeness (QED) is 0.768. The standard InChI is InChI=1S/C18H24N4O3/c1-24-16-4-6-17(7-5-16)25-12-15-3-2-9-21(11-15)18(23)8-10-22-14-19-13-20-22/h4-7,13-15H,2-3,8-12H2,1H3. The Hall–Kier alpha value is -2.57. The number of amides is 1. The lowest BCUT2D eigenvalue weighted by atomic mass is 9.98. The summed E-state index contributed by atoms with van der Waals surface area (Å²) in [6.45, 7) is 2.78. The highest BCUT2D eigenvalue weighted by atomic mass is 16.5. The van der Waals surface area contributed by atoms with Crippen LogP contribution in [0.2, 0.25) is 0 Å². The van der Waals surface area contributed by atoms with Crippen LogP contribution in [0.25, 0.3) is 0 Å². The summed E-state index contributed by atoms with van der Waals surface area (Å²) in [7, 11) is 1.65. The van der Waals surface area contributed by atoms with Crippen molar-refractivity contribution in [1.29, 1.82) is 0 Å². The number of carbonyl (C=O) groups excluding carboxylic acids is 1. The first-order valence-electron chi connectivity index (χ1n) is 8.61. The molecular weight excluding hydrogens is 320 g/mol. The van der Waals surface area contributed by atoms with E-state index < -0.39 is 0 Å². The Bertz CT molecular complexity index is 657. The van der Waals surface area contributed by atoms with Gasteiger partial charge in [-0.05, 0) is 37.1 Å². The fraction of sp³-hybridized carbons (Fsp3) is 0.500. The molecule has 7 heteroatoms. The van der Waals surface area contributed by atoms with E-state index in [9.17, 15) is 4.79 Å². The number of hydrogen-bond acceptors (Lipinski definition) is 5. The molecular formula is C18H24N4O3. The van der Waals surface area contributed by atoms with E-state index in [0.29, 0.717) is 25.5 Å². The molecule has 7 nitrogen and oxygen atoms in total. The van der Waals surface area contributed by atoms with Crippen LogP contribution >= 0.6 is 0 Å². The zero-order valence-corrected chi connectivity index (χ0v) is 14.5. The highest BCUT2D eigenvalue weighted by molar-refractivity contribution is 5.76.